The van der Waals surface area contributed by atoms with Gasteiger partial charge in [0.15, 0.2) is 0 Å². The molecule has 2 aliphatic rings. The van der Waals surface area contributed by atoms with Crippen molar-refractivity contribution in [3.63, 3.8) is 0 Å². The maximum Gasteiger partial charge on any atom is 0.310 e. The molecule has 0 spiro atoms. The first-order valence-corrected chi connectivity index (χ1v) is 10.1. The Morgan fingerprint density at radius 1 is 1.25 bits per heavy atom. The van der Waals surface area contributed by atoms with Gasteiger partial charge in [-0.1, -0.05) is 0 Å². The lowest BCUT2D eigenvalue weighted by Crippen LogP contribution is -2.49. The number of nitrogens with zero attached hydrogens (tertiary/aromatic N) is 6. The van der Waals surface area contributed by atoms with Crippen LogP contribution in [0, 0.1) is 6.92 Å². The molecule has 2 aromatic heterocycles. The number of aryl methyl sites for hydroxylation is 1. The molecule has 2 aromatic rings. The Hall–Kier alpha value is -2.26. The third-order valence-electron chi connectivity index (χ3n) is 5.66. The van der Waals surface area contributed by atoms with Gasteiger partial charge in [0.25, 0.3) is 5.78 Å². The zero-order valence-electron chi connectivity index (χ0n) is 16.6. The van der Waals surface area contributed by atoms with Crippen LogP contribution in [0.4, 0.5) is 5.82 Å². The fourth-order valence-electron chi connectivity index (χ4n) is 4.24. The highest BCUT2D eigenvalue weighted by molar-refractivity contribution is 5.75. The van der Waals surface area contributed by atoms with E-state index in [9.17, 15) is 4.79 Å². The average molecular weight is 388 g/mol. The zero-order chi connectivity index (χ0) is 19.5. The number of aromatic nitrogens is 4. The molecule has 0 aliphatic carbocycles. The van der Waals surface area contributed by atoms with Crippen LogP contribution < -0.4 is 4.90 Å². The number of rotatable bonds is 5. The minimum Gasteiger partial charge on any atom is -0.466 e. The number of ether oxygens (including phenoxy) is 2. The molecule has 0 amide bonds. The normalized spacial score (nSPS) is 19.3. The van der Waals surface area contributed by atoms with E-state index in [4.69, 9.17) is 9.47 Å². The quantitative estimate of drug-likeness (QED) is 0.697. The summed E-state index contributed by atoms with van der Waals surface area (Å²) in [5, 5.41) is 4.38. The summed E-state index contributed by atoms with van der Waals surface area (Å²) in [6.07, 6.45) is 3.87. The predicted octanol–water partition coefficient (Wildman–Crippen LogP) is 0.839. The number of hydrogen-bond acceptors (Lipinski definition) is 8. The molecule has 0 aromatic carbocycles. The minimum atomic E-state index is -0.240. The largest absolute Gasteiger partial charge is 0.466 e. The van der Waals surface area contributed by atoms with E-state index in [0.29, 0.717) is 18.4 Å². The Morgan fingerprint density at radius 2 is 2.00 bits per heavy atom. The Labute approximate surface area is 164 Å². The molecular formula is C19H28N6O3. The highest BCUT2D eigenvalue weighted by Crippen LogP contribution is 2.28. The lowest BCUT2D eigenvalue weighted by molar-refractivity contribution is -0.142. The molecule has 0 N–H and O–H groups in total. The fraction of sp³-hybridized carbons (Fsp3) is 0.684. The van der Waals surface area contributed by atoms with Crippen LogP contribution in [0.15, 0.2) is 6.33 Å². The van der Waals surface area contributed by atoms with E-state index >= 15 is 0 Å². The van der Waals surface area contributed by atoms with Crippen LogP contribution in [0.2, 0.25) is 0 Å². The van der Waals surface area contributed by atoms with E-state index < -0.39 is 0 Å². The number of esters is 1. The van der Waals surface area contributed by atoms with E-state index in [-0.39, 0.29) is 12.4 Å². The minimum absolute atomic E-state index is 0.196. The first-order chi connectivity index (χ1) is 13.7. The molecule has 2 fully saturated rings. The van der Waals surface area contributed by atoms with E-state index in [1.165, 1.54) is 6.33 Å². The second-order valence-electron chi connectivity index (χ2n) is 7.32. The number of piperidine rings is 1. The monoisotopic (exact) mass is 388 g/mol. The van der Waals surface area contributed by atoms with E-state index in [0.717, 1.165) is 69.3 Å². The summed E-state index contributed by atoms with van der Waals surface area (Å²) in [6, 6.07) is 0.586. The van der Waals surface area contributed by atoms with Crippen molar-refractivity contribution in [1.82, 2.24) is 24.5 Å². The van der Waals surface area contributed by atoms with Crippen molar-refractivity contribution in [3.05, 3.63) is 17.6 Å². The molecule has 9 nitrogen and oxygen atoms in total. The summed E-state index contributed by atoms with van der Waals surface area (Å²) in [5.41, 5.74) is 1.68. The van der Waals surface area contributed by atoms with Gasteiger partial charge in [-0.15, -0.1) is 0 Å². The van der Waals surface area contributed by atoms with Crippen LogP contribution in [0.1, 0.15) is 31.0 Å². The molecule has 4 rings (SSSR count). The van der Waals surface area contributed by atoms with Crippen molar-refractivity contribution in [2.75, 3.05) is 50.9 Å². The van der Waals surface area contributed by atoms with Gasteiger partial charge in [0.1, 0.15) is 12.1 Å². The van der Waals surface area contributed by atoms with Gasteiger partial charge in [-0.3, -0.25) is 9.69 Å². The number of hydrogen-bond donors (Lipinski definition) is 0. The van der Waals surface area contributed by atoms with E-state index in [2.05, 4.69) is 24.9 Å². The number of carbonyl (C=O) groups is 1. The Morgan fingerprint density at radius 3 is 2.71 bits per heavy atom. The molecule has 28 heavy (non-hydrogen) atoms. The fourth-order valence-corrected chi connectivity index (χ4v) is 4.24. The summed E-state index contributed by atoms with van der Waals surface area (Å²) < 4.78 is 12.4. The maximum absolute atomic E-state index is 12.2. The molecule has 0 radical (unpaired) electrons. The first-order valence-electron chi connectivity index (χ1n) is 10.1. The number of carbonyl (C=O) groups excluding carboxylic acids is 1. The molecule has 0 bridgehead atoms. The topological polar surface area (TPSA) is 85.1 Å². The third kappa shape index (κ3) is 3.81. The Balaban J connectivity index is 1.58. The highest BCUT2D eigenvalue weighted by Gasteiger charge is 2.29. The summed E-state index contributed by atoms with van der Waals surface area (Å²) in [4.78, 5) is 25.8. The molecule has 0 unspecified atom stereocenters. The molecule has 4 heterocycles. The molecular weight excluding hydrogens is 360 g/mol. The predicted molar refractivity (Wildman–Crippen MR) is 103 cm³/mol. The van der Waals surface area contributed by atoms with Gasteiger partial charge in [-0.2, -0.15) is 14.6 Å². The Kier molecular flexibility index (Phi) is 5.72. The highest BCUT2D eigenvalue weighted by atomic mass is 16.5. The lowest BCUT2D eigenvalue weighted by Gasteiger charge is -2.41. The first kappa shape index (κ1) is 19.1. The van der Waals surface area contributed by atoms with Crippen LogP contribution >= 0.6 is 0 Å². The van der Waals surface area contributed by atoms with Gasteiger partial charge in [0.2, 0.25) is 0 Å². The molecule has 0 saturated carbocycles. The van der Waals surface area contributed by atoms with E-state index in [1.807, 2.05) is 13.8 Å². The maximum atomic E-state index is 12.2. The zero-order valence-corrected chi connectivity index (χ0v) is 16.6. The van der Waals surface area contributed by atoms with Crippen LogP contribution in [0.3, 0.4) is 0 Å². The summed E-state index contributed by atoms with van der Waals surface area (Å²) in [6.45, 7) is 9.62. The second-order valence-corrected chi connectivity index (χ2v) is 7.32. The summed E-state index contributed by atoms with van der Waals surface area (Å²) >= 11 is 0. The van der Waals surface area contributed by atoms with Gasteiger partial charge >= 0.3 is 5.97 Å². The van der Waals surface area contributed by atoms with Crippen molar-refractivity contribution in [2.45, 2.75) is 39.2 Å². The van der Waals surface area contributed by atoms with Crippen molar-refractivity contribution in [3.8, 4) is 0 Å². The van der Waals surface area contributed by atoms with Crippen LogP contribution in [0.25, 0.3) is 5.78 Å². The van der Waals surface area contributed by atoms with Crippen LogP contribution in [-0.4, -0.2) is 82.5 Å². The number of morpholine rings is 1. The van der Waals surface area contributed by atoms with Crippen molar-refractivity contribution >= 4 is 17.6 Å². The van der Waals surface area contributed by atoms with Gasteiger partial charge in [0.05, 0.1) is 26.2 Å². The van der Waals surface area contributed by atoms with Gasteiger partial charge in [0, 0.05) is 43.5 Å². The molecule has 9 heteroatoms. The molecule has 152 valence electrons. The van der Waals surface area contributed by atoms with Crippen LogP contribution in [0.5, 0.6) is 0 Å². The molecule has 0 atom stereocenters. The second kappa shape index (κ2) is 8.40. The van der Waals surface area contributed by atoms with Crippen molar-refractivity contribution < 1.29 is 14.3 Å². The lowest BCUT2D eigenvalue weighted by atomic mass is 10.0. The van der Waals surface area contributed by atoms with Gasteiger partial charge in [-0.25, -0.2) is 4.98 Å². The van der Waals surface area contributed by atoms with Crippen molar-refractivity contribution in [1.29, 1.82) is 0 Å². The standard InChI is InChI=1S/C19H28N6O3/c1-3-28-17(26)12-16-14(2)22-19-20-13-21-25(19)18(16)24-6-4-15(5-7-24)23-8-10-27-11-9-23/h13,15H,3-12H2,1-2H3. The van der Waals surface area contributed by atoms with Gasteiger partial charge < -0.3 is 14.4 Å². The molecule has 2 saturated heterocycles. The van der Waals surface area contributed by atoms with E-state index in [1.54, 1.807) is 4.52 Å². The SMILES string of the molecule is CCOC(=O)Cc1c(C)nc2ncnn2c1N1CCC(N2CCOCC2)CC1. The number of fused-ring (bicyclic) bond motifs is 1. The summed E-state index contributed by atoms with van der Waals surface area (Å²) in [5.74, 6) is 1.25. The van der Waals surface area contributed by atoms with Crippen LogP contribution in [-0.2, 0) is 20.7 Å². The number of anilines is 1. The summed E-state index contributed by atoms with van der Waals surface area (Å²) in [7, 11) is 0. The molecule has 2 aliphatic heterocycles. The van der Waals surface area contributed by atoms with Crippen molar-refractivity contribution in [2.24, 2.45) is 0 Å². The third-order valence-corrected chi connectivity index (χ3v) is 5.66. The average Bonchev–Trinajstić information content (AvgIpc) is 3.17. The Bertz CT molecular complexity index is 824. The smallest absolute Gasteiger partial charge is 0.310 e. The van der Waals surface area contributed by atoms with Gasteiger partial charge in [-0.05, 0) is 26.7 Å².